The van der Waals surface area contributed by atoms with Crippen molar-refractivity contribution in [3.63, 3.8) is 0 Å². The first-order valence-electron chi connectivity index (χ1n) is 7.68. The van der Waals surface area contributed by atoms with Crippen LogP contribution >= 0.6 is 0 Å². The van der Waals surface area contributed by atoms with E-state index in [0.29, 0.717) is 25.6 Å². The van der Waals surface area contributed by atoms with Crippen molar-refractivity contribution >= 4 is 22.7 Å². The van der Waals surface area contributed by atoms with E-state index in [1.807, 2.05) is 32.2 Å². The maximum Gasteiger partial charge on any atom is 0.410 e. The van der Waals surface area contributed by atoms with Crippen molar-refractivity contribution in [2.45, 2.75) is 20.3 Å². The molecule has 3 heterocycles. The molecular weight excluding hydrogens is 278 g/mol. The monoisotopic (exact) mass is 299 g/mol. The first-order valence-corrected chi connectivity index (χ1v) is 7.68. The van der Waals surface area contributed by atoms with Crippen LogP contribution in [0.5, 0.6) is 0 Å². The number of amides is 1. The average Bonchev–Trinajstić information content (AvgIpc) is 2.97. The SMILES string of the molecule is CC(C)COC(=O)N1CC=C(c2c[nH]c3cccnc23)CC1. The van der Waals surface area contributed by atoms with E-state index in [1.165, 1.54) is 5.57 Å². The number of nitrogens with one attached hydrogen (secondary N) is 1. The largest absolute Gasteiger partial charge is 0.449 e. The molecular formula is C17H21N3O2. The Balaban J connectivity index is 1.70. The third-order valence-corrected chi connectivity index (χ3v) is 3.79. The molecule has 0 aromatic carbocycles. The smallest absolute Gasteiger partial charge is 0.410 e. The van der Waals surface area contributed by atoms with Gasteiger partial charge in [0.15, 0.2) is 0 Å². The second-order valence-electron chi connectivity index (χ2n) is 6.00. The van der Waals surface area contributed by atoms with Crippen molar-refractivity contribution in [1.82, 2.24) is 14.9 Å². The van der Waals surface area contributed by atoms with Gasteiger partial charge in [-0.3, -0.25) is 4.98 Å². The van der Waals surface area contributed by atoms with Gasteiger partial charge in [0.1, 0.15) is 0 Å². The summed E-state index contributed by atoms with van der Waals surface area (Å²) in [6.07, 6.45) is 6.49. The highest BCUT2D eigenvalue weighted by Gasteiger charge is 2.20. The van der Waals surface area contributed by atoms with Crippen LogP contribution in [-0.4, -0.2) is 40.7 Å². The van der Waals surface area contributed by atoms with Gasteiger partial charge in [0, 0.05) is 31.0 Å². The summed E-state index contributed by atoms with van der Waals surface area (Å²) in [4.78, 5) is 21.4. The van der Waals surface area contributed by atoms with Gasteiger partial charge >= 0.3 is 6.09 Å². The minimum Gasteiger partial charge on any atom is -0.449 e. The van der Waals surface area contributed by atoms with Crippen LogP contribution < -0.4 is 0 Å². The molecule has 2 aromatic heterocycles. The molecule has 22 heavy (non-hydrogen) atoms. The second kappa shape index (κ2) is 6.22. The minimum atomic E-state index is -0.221. The van der Waals surface area contributed by atoms with Crippen molar-refractivity contribution in [3.05, 3.63) is 36.2 Å². The standard InChI is InChI=1S/C17H21N3O2/c1-12(2)11-22-17(21)20-8-5-13(6-9-20)14-10-19-15-4-3-7-18-16(14)15/h3-5,7,10,12,19H,6,8-9,11H2,1-2H3. The van der Waals surface area contributed by atoms with Gasteiger partial charge in [-0.1, -0.05) is 19.9 Å². The number of aromatic amines is 1. The van der Waals surface area contributed by atoms with E-state index >= 15 is 0 Å². The number of nitrogens with zero attached hydrogens (tertiary/aromatic N) is 2. The summed E-state index contributed by atoms with van der Waals surface area (Å²) in [5.41, 5.74) is 4.39. The molecule has 0 saturated heterocycles. The van der Waals surface area contributed by atoms with Gasteiger partial charge in [-0.15, -0.1) is 0 Å². The number of aromatic nitrogens is 2. The molecule has 5 heteroatoms. The van der Waals surface area contributed by atoms with Crippen LogP contribution in [0.2, 0.25) is 0 Å². The molecule has 0 fully saturated rings. The Kier molecular flexibility index (Phi) is 4.13. The van der Waals surface area contributed by atoms with Crippen LogP contribution in [0.4, 0.5) is 4.79 Å². The molecule has 1 aliphatic heterocycles. The summed E-state index contributed by atoms with van der Waals surface area (Å²) < 4.78 is 5.28. The second-order valence-corrected chi connectivity index (χ2v) is 6.00. The molecule has 116 valence electrons. The van der Waals surface area contributed by atoms with Crippen molar-refractivity contribution in [1.29, 1.82) is 0 Å². The number of carbonyl (C=O) groups is 1. The average molecular weight is 299 g/mol. The zero-order valence-electron chi connectivity index (χ0n) is 13.0. The number of ether oxygens (including phenoxy) is 1. The molecule has 0 unspecified atom stereocenters. The number of fused-ring (bicyclic) bond motifs is 1. The van der Waals surface area contributed by atoms with Crippen LogP contribution in [0.25, 0.3) is 16.6 Å². The predicted octanol–water partition coefficient (Wildman–Crippen LogP) is 3.44. The third-order valence-electron chi connectivity index (χ3n) is 3.79. The zero-order valence-corrected chi connectivity index (χ0v) is 13.0. The molecule has 0 radical (unpaired) electrons. The van der Waals surface area contributed by atoms with E-state index < -0.39 is 0 Å². The number of rotatable bonds is 3. The zero-order chi connectivity index (χ0) is 15.5. The lowest BCUT2D eigenvalue weighted by Gasteiger charge is -2.26. The molecule has 0 atom stereocenters. The van der Waals surface area contributed by atoms with Crippen molar-refractivity contribution < 1.29 is 9.53 Å². The highest BCUT2D eigenvalue weighted by Crippen LogP contribution is 2.27. The Morgan fingerprint density at radius 2 is 2.36 bits per heavy atom. The Morgan fingerprint density at radius 1 is 1.50 bits per heavy atom. The fraction of sp³-hybridized carbons (Fsp3) is 0.412. The molecule has 0 saturated carbocycles. The maximum atomic E-state index is 12.0. The van der Waals surface area contributed by atoms with E-state index in [-0.39, 0.29) is 6.09 Å². The van der Waals surface area contributed by atoms with Gasteiger partial charge in [-0.05, 0) is 30.0 Å². The Hall–Kier alpha value is -2.30. The first-order chi connectivity index (χ1) is 10.6. The lowest BCUT2D eigenvalue weighted by atomic mass is 10.0. The van der Waals surface area contributed by atoms with Crippen LogP contribution in [0.3, 0.4) is 0 Å². The van der Waals surface area contributed by atoms with Crippen molar-refractivity contribution in [3.8, 4) is 0 Å². The number of hydrogen-bond acceptors (Lipinski definition) is 3. The number of H-pyrrole nitrogens is 1. The lowest BCUT2D eigenvalue weighted by Crippen LogP contribution is -2.35. The van der Waals surface area contributed by atoms with E-state index in [0.717, 1.165) is 23.0 Å². The number of carbonyl (C=O) groups excluding carboxylic acids is 1. The highest BCUT2D eigenvalue weighted by molar-refractivity contribution is 5.89. The van der Waals surface area contributed by atoms with Crippen LogP contribution in [0.1, 0.15) is 25.8 Å². The van der Waals surface area contributed by atoms with Gasteiger partial charge in [-0.2, -0.15) is 0 Å². The summed E-state index contributed by atoms with van der Waals surface area (Å²) in [5.74, 6) is 0.358. The molecule has 3 rings (SSSR count). The van der Waals surface area contributed by atoms with Gasteiger partial charge in [0.2, 0.25) is 0 Å². The molecule has 5 nitrogen and oxygen atoms in total. The minimum absolute atomic E-state index is 0.221. The fourth-order valence-corrected chi connectivity index (χ4v) is 2.61. The number of pyridine rings is 1. The van der Waals surface area contributed by atoms with Gasteiger partial charge in [-0.25, -0.2) is 4.79 Å². The van der Waals surface area contributed by atoms with Gasteiger partial charge in [0.25, 0.3) is 0 Å². The number of hydrogen-bond donors (Lipinski definition) is 1. The van der Waals surface area contributed by atoms with Gasteiger partial charge in [0.05, 0.1) is 17.6 Å². The molecule has 1 aliphatic rings. The van der Waals surface area contributed by atoms with Crippen LogP contribution in [0.15, 0.2) is 30.6 Å². The lowest BCUT2D eigenvalue weighted by molar-refractivity contribution is 0.0954. The molecule has 1 N–H and O–H groups in total. The van der Waals surface area contributed by atoms with Gasteiger partial charge < -0.3 is 14.6 Å². The Labute approximate surface area is 130 Å². The first kappa shape index (κ1) is 14.6. The normalized spacial score (nSPS) is 15.2. The quantitative estimate of drug-likeness (QED) is 0.944. The third kappa shape index (κ3) is 2.98. The predicted molar refractivity (Wildman–Crippen MR) is 86.4 cm³/mol. The molecule has 1 amide bonds. The Bertz CT molecular complexity index is 703. The molecule has 0 spiro atoms. The molecule has 0 aliphatic carbocycles. The van der Waals surface area contributed by atoms with E-state index in [1.54, 1.807) is 11.1 Å². The highest BCUT2D eigenvalue weighted by atomic mass is 16.6. The van der Waals surface area contributed by atoms with Crippen molar-refractivity contribution in [2.24, 2.45) is 5.92 Å². The Morgan fingerprint density at radius 3 is 3.09 bits per heavy atom. The summed E-state index contributed by atoms with van der Waals surface area (Å²) in [5, 5.41) is 0. The molecule has 2 aromatic rings. The van der Waals surface area contributed by atoms with Crippen molar-refractivity contribution in [2.75, 3.05) is 19.7 Å². The summed E-state index contributed by atoms with van der Waals surface area (Å²) in [6.45, 7) is 5.81. The van der Waals surface area contributed by atoms with E-state index in [9.17, 15) is 4.79 Å². The summed E-state index contributed by atoms with van der Waals surface area (Å²) in [6, 6.07) is 3.94. The summed E-state index contributed by atoms with van der Waals surface area (Å²) in [7, 11) is 0. The van der Waals surface area contributed by atoms with Crippen LogP contribution in [0, 0.1) is 5.92 Å². The van der Waals surface area contributed by atoms with E-state index in [4.69, 9.17) is 4.74 Å². The maximum absolute atomic E-state index is 12.0. The fourth-order valence-electron chi connectivity index (χ4n) is 2.61. The topological polar surface area (TPSA) is 58.2 Å². The summed E-state index contributed by atoms with van der Waals surface area (Å²) >= 11 is 0. The van der Waals surface area contributed by atoms with E-state index in [2.05, 4.69) is 16.0 Å². The molecule has 0 bridgehead atoms. The van der Waals surface area contributed by atoms with Crippen LogP contribution in [-0.2, 0) is 4.74 Å².